The molecule has 0 radical (unpaired) electrons. The van der Waals surface area contributed by atoms with Crippen molar-refractivity contribution in [1.29, 1.82) is 5.26 Å². The average Bonchev–Trinajstić information content (AvgIpc) is 3.38. The number of carbonyl (C=O) groups excluding carboxylic acids is 1. The van der Waals surface area contributed by atoms with Crippen molar-refractivity contribution in [2.24, 2.45) is 5.92 Å². The van der Waals surface area contributed by atoms with Crippen LogP contribution in [0.25, 0.3) is 21.9 Å². The molecule has 30 heavy (non-hydrogen) atoms. The van der Waals surface area contributed by atoms with E-state index < -0.39 is 22.6 Å². The molecule has 1 aliphatic carbocycles. The summed E-state index contributed by atoms with van der Waals surface area (Å²) in [6, 6.07) is 12.7. The van der Waals surface area contributed by atoms with E-state index in [1.807, 2.05) is 38.1 Å². The smallest absolute Gasteiger partial charge is 0.239 e. The summed E-state index contributed by atoms with van der Waals surface area (Å²) in [5.41, 5.74) is 0.710. The van der Waals surface area contributed by atoms with Crippen LogP contribution in [0, 0.1) is 17.2 Å². The SMILES string of the molecule is CC(C)CC(NS(=O)c1ccc2oc3cc(Br)ccc3c2c1)C(=O)NC1(C#N)CC1. The Morgan fingerprint density at radius 1 is 1.23 bits per heavy atom. The molecule has 2 N–H and O–H groups in total. The Morgan fingerprint density at radius 3 is 2.67 bits per heavy atom. The summed E-state index contributed by atoms with van der Waals surface area (Å²) in [5.74, 6) is -0.0583. The predicted octanol–water partition coefficient (Wildman–Crippen LogP) is 4.55. The van der Waals surface area contributed by atoms with Gasteiger partial charge < -0.3 is 9.73 Å². The number of nitriles is 1. The third-order valence-electron chi connectivity index (χ3n) is 5.22. The van der Waals surface area contributed by atoms with Crippen molar-refractivity contribution in [2.75, 3.05) is 0 Å². The third kappa shape index (κ3) is 4.29. The van der Waals surface area contributed by atoms with E-state index in [2.05, 4.69) is 32.0 Å². The largest absolute Gasteiger partial charge is 0.456 e. The summed E-state index contributed by atoms with van der Waals surface area (Å²) in [6.45, 7) is 4.01. The summed E-state index contributed by atoms with van der Waals surface area (Å²) in [4.78, 5) is 13.3. The van der Waals surface area contributed by atoms with Crippen molar-refractivity contribution in [3.8, 4) is 6.07 Å². The van der Waals surface area contributed by atoms with E-state index in [0.717, 1.165) is 20.8 Å². The van der Waals surface area contributed by atoms with E-state index in [9.17, 15) is 14.3 Å². The van der Waals surface area contributed by atoms with Crippen molar-refractivity contribution in [1.82, 2.24) is 10.0 Å². The monoisotopic (exact) mass is 487 g/mol. The molecule has 1 amide bonds. The highest BCUT2D eigenvalue weighted by atomic mass is 79.9. The highest BCUT2D eigenvalue weighted by Gasteiger charge is 2.45. The molecule has 0 aliphatic heterocycles. The molecule has 0 bridgehead atoms. The van der Waals surface area contributed by atoms with Crippen LogP contribution in [0.15, 0.2) is 50.2 Å². The summed E-state index contributed by atoms with van der Waals surface area (Å²) in [5, 5.41) is 13.9. The number of furan rings is 1. The Balaban J connectivity index is 1.58. The first-order valence-electron chi connectivity index (χ1n) is 9.83. The zero-order chi connectivity index (χ0) is 21.5. The molecule has 1 aliphatic rings. The maximum atomic E-state index is 13.1. The molecule has 1 heterocycles. The second kappa shape index (κ2) is 8.14. The Bertz CT molecular complexity index is 1190. The fraction of sp³-hybridized carbons (Fsp3) is 0.364. The first-order valence-corrected chi connectivity index (χ1v) is 11.8. The van der Waals surface area contributed by atoms with Gasteiger partial charge in [0.15, 0.2) is 0 Å². The number of fused-ring (bicyclic) bond motifs is 3. The molecule has 8 heteroatoms. The van der Waals surface area contributed by atoms with E-state index >= 15 is 0 Å². The van der Waals surface area contributed by atoms with E-state index in [1.165, 1.54) is 0 Å². The van der Waals surface area contributed by atoms with Gasteiger partial charge in [-0.15, -0.1) is 0 Å². The van der Waals surface area contributed by atoms with Crippen LogP contribution in [-0.4, -0.2) is 21.7 Å². The zero-order valence-corrected chi connectivity index (χ0v) is 19.1. The Morgan fingerprint density at radius 2 is 2.00 bits per heavy atom. The van der Waals surface area contributed by atoms with Gasteiger partial charge in [-0.3, -0.25) is 4.79 Å². The topological polar surface area (TPSA) is 95.1 Å². The molecular formula is C22H22BrN3O3S. The lowest BCUT2D eigenvalue weighted by Crippen LogP contribution is -2.49. The standard InChI is InChI=1S/C22H22BrN3O3S/c1-13(2)9-18(21(27)25-22(12-24)7-8-22)26-30(28)15-4-6-19-17(11-15)16-5-3-14(23)10-20(16)29-19/h3-6,10-11,13,18,26H,7-9H2,1-2H3,(H,25,27). The van der Waals surface area contributed by atoms with Gasteiger partial charge >= 0.3 is 0 Å². The summed E-state index contributed by atoms with van der Waals surface area (Å²) in [6.07, 6.45) is 1.84. The van der Waals surface area contributed by atoms with Crippen LogP contribution in [0.2, 0.25) is 0 Å². The normalized spacial score (nSPS) is 17.0. The Kier molecular flexibility index (Phi) is 5.71. The van der Waals surface area contributed by atoms with Crippen LogP contribution < -0.4 is 10.0 Å². The summed E-state index contributed by atoms with van der Waals surface area (Å²) >= 11 is 3.44. The molecule has 0 spiro atoms. The number of hydrogen-bond acceptors (Lipinski definition) is 4. The summed E-state index contributed by atoms with van der Waals surface area (Å²) < 4.78 is 22.8. The minimum atomic E-state index is -1.59. The molecule has 0 saturated heterocycles. The average molecular weight is 488 g/mol. The minimum Gasteiger partial charge on any atom is -0.456 e. The van der Waals surface area contributed by atoms with Crippen LogP contribution in [0.1, 0.15) is 33.1 Å². The van der Waals surface area contributed by atoms with Crippen LogP contribution in [0.4, 0.5) is 0 Å². The van der Waals surface area contributed by atoms with E-state index in [-0.39, 0.29) is 11.8 Å². The molecule has 1 saturated carbocycles. The first kappa shape index (κ1) is 21.0. The van der Waals surface area contributed by atoms with Crippen molar-refractivity contribution in [3.63, 3.8) is 0 Å². The number of rotatable bonds is 7. The van der Waals surface area contributed by atoms with Gasteiger partial charge in [0.05, 0.1) is 17.0 Å². The van der Waals surface area contributed by atoms with Gasteiger partial charge in [0.1, 0.15) is 27.7 Å². The zero-order valence-electron chi connectivity index (χ0n) is 16.7. The maximum Gasteiger partial charge on any atom is 0.239 e. The number of hydrogen-bond donors (Lipinski definition) is 2. The molecule has 156 valence electrons. The number of amides is 1. The van der Waals surface area contributed by atoms with Gasteiger partial charge in [0.2, 0.25) is 5.91 Å². The lowest BCUT2D eigenvalue weighted by atomic mass is 10.0. The second-order valence-corrected chi connectivity index (χ2v) is 10.3. The van der Waals surface area contributed by atoms with Crippen molar-refractivity contribution >= 4 is 54.8 Å². The minimum absolute atomic E-state index is 0.223. The van der Waals surface area contributed by atoms with E-state index in [1.54, 1.807) is 12.1 Å². The van der Waals surface area contributed by atoms with E-state index in [0.29, 0.717) is 29.7 Å². The number of halogens is 1. The van der Waals surface area contributed by atoms with Gasteiger partial charge in [-0.2, -0.15) is 5.26 Å². The van der Waals surface area contributed by atoms with Gasteiger partial charge in [-0.25, -0.2) is 8.93 Å². The fourth-order valence-corrected chi connectivity index (χ4v) is 4.79. The molecule has 2 unspecified atom stereocenters. The molecule has 6 nitrogen and oxygen atoms in total. The summed E-state index contributed by atoms with van der Waals surface area (Å²) in [7, 11) is -1.59. The van der Waals surface area contributed by atoms with Crippen LogP contribution in [0.5, 0.6) is 0 Å². The number of benzene rings is 2. The van der Waals surface area contributed by atoms with Crippen LogP contribution in [0.3, 0.4) is 0 Å². The van der Waals surface area contributed by atoms with Crippen LogP contribution in [-0.2, 0) is 15.8 Å². The van der Waals surface area contributed by atoms with Gasteiger partial charge in [0, 0.05) is 15.2 Å². The molecule has 2 atom stereocenters. The van der Waals surface area contributed by atoms with E-state index in [4.69, 9.17) is 4.42 Å². The van der Waals surface area contributed by atoms with Crippen molar-refractivity contribution < 1.29 is 13.4 Å². The van der Waals surface area contributed by atoms with Gasteiger partial charge in [-0.1, -0.05) is 29.8 Å². The Labute approximate surface area is 185 Å². The Hall–Kier alpha value is -2.21. The predicted molar refractivity (Wildman–Crippen MR) is 120 cm³/mol. The van der Waals surface area contributed by atoms with Crippen LogP contribution >= 0.6 is 15.9 Å². The molecular weight excluding hydrogens is 466 g/mol. The lowest BCUT2D eigenvalue weighted by molar-refractivity contribution is -0.123. The molecule has 3 aromatic rings. The molecule has 1 fully saturated rings. The first-order chi connectivity index (χ1) is 14.3. The highest BCUT2D eigenvalue weighted by Crippen LogP contribution is 2.35. The van der Waals surface area contributed by atoms with Crippen molar-refractivity contribution in [2.45, 2.75) is 49.6 Å². The number of nitrogens with zero attached hydrogens (tertiary/aromatic N) is 1. The van der Waals surface area contributed by atoms with Crippen molar-refractivity contribution in [3.05, 3.63) is 40.9 Å². The van der Waals surface area contributed by atoms with Gasteiger partial charge in [-0.05, 0) is 61.6 Å². The second-order valence-electron chi connectivity index (χ2n) is 8.15. The molecule has 4 rings (SSSR count). The molecule has 2 aromatic carbocycles. The lowest BCUT2D eigenvalue weighted by Gasteiger charge is -2.21. The van der Waals surface area contributed by atoms with Gasteiger partial charge in [0.25, 0.3) is 0 Å². The number of carbonyl (C=O) groups is 1. The fourth-order valence-electron chi connectivity index (χ4n) is 3.44. The quantitative estimate of drug-likeness (QED) is 0.510. The number of nitrogens with one attached hydrogen (secondary N) is 2. The third-order valence-corrected chi connectivity index (χ3v) is 6.89. The maximum absolute atomic E-state index is 13.1. The highest BCUT2D eigenvalue weighted by molar-refractivity contribution is 9.10. The molecule has 1 aromatic heterocycles.